The number of ether oxygens (including phenoxy) is 4. The highest BCUT2D eigenvalue weighted by molar-refractivity contribution is 7.85. The molecule has 0 unspecified atom stereocenters. The van der Waals surface area contributed by atoms with Crippen molar-refractivity contribution in [2.24, 2.45) is 0 Å². The Morgan fingerprint density at radius 3 is 2.35 bits per heavy atom. The molecule has 11 heteroatoms. The molecule has 10 nitrogen and oxygen atoms in total. The fraction of sp³-hybridized carbons (Fsp3) is 0.385. The van der Waals surface area contributed by atoms with E-state index in [4.69, 9.17) is 18.9 Å². The molecule has 0 atom stereocenters. The summed E-state index contributed by atoms with van der Waals surface area (Å²) < 4.78 is 55.2. The highest BCUT2D eigenvalue weighted by Crippen LogP contribution is 2.42. The van der Waals surface area contributed by atoms with Crippen molar-refractivity contribution in [2.45, 2.75) is 42.9 Å². The summed E-state index contributed by atoms with van der Waals surface area (Å²) in [7, 11) is -2.21. The smallest absolute Gasteiger partial charge is 0.355 e. The van der Waals surface area contributed by atoms with Crippen LogP contribution in [0.4, 0.5) is 5.69 Å². The molecule has 0 spiro atoms. The minimum atomic E-state index is -4.57. The predicted molar refractivity (Wildman–Crippen MR) is 133 cm³/mol. The van der Waals surface area contributed by atoms with Crippen LogP contribution in [-0.4, -0.2) is 52.5 Å². The minimum absolute atomic E-state index is 0.0366. The maximum atomic E-state index is 12.8. The van der Waals surface area contributed by atoms with Crippen molar-refractivity contribution in [3.05, 3.63) is 59.3 Å². The molecule has 0 amide bonds. The summed E-state index contributed by atoms with van der Waals surface area (Å²) >= 11 is 0. The second-order valence-electron chi connectivity index (χ2n) is 8.80. The lowest BCUT2D eigenvalue weighted by Crippen LogP contribution is -2.39. The third kappa shape index (κ3) is 5.79. The third-order valence-electron chi connectivity index (χ3n) is 6.54. The molecule has 4 rings (SSSR count). The van der Waals surface area contributed by atoms with Gasteiger partial charge in [0.15, 0.2) is 5.75 Å². The predicted octanol–water partition coefficient (Wildman–Crippen LogP) is 4.17. The zero-order valence-electron chi connectivity index (χ0n) is 20.6. The number of carbonyl (C=O) groups is 2. The van der Waals surface area contributed by atoms with Gasteiger partial charge in [-0.2, -0.15) is 8.42 Å². The molecule has 0 radical (unpaired) electrons. The summed E-state index contributed by atoms with van der Waals surface area (Å²) in [6.45, 7) is -0.339. The van der Waals surface area contributed by atoms with Crippen LogP contribution in [0.2, 0.25) is 0 Å². The van der Waals surface area contributed by atoms with Crippen LogP contribution in [0.25, 0.3) is 0 Å². The van der Waals surface area contributed by atoms with Gasteiger partial charge in [0.05, 0.1) is 37.0 Å². The van der Waals surface area contributed by atoms with Gasteiger partial charge < -0.3 is 23.8 Å². The Bertz CT molecular complexity index is 1310. The van der Waals surface area contributed by atoms with Crippen LogP contribution in [-0.2, 0) is 33.9 Å². The van der Waals surface area contributed by atoms with Crippen molar-refractivity contribution in [2.75, 3.05) is 32.5 Å². The quantitative estimate of drug-likeness (QED) is 0.411. The van der Waals surface area contributed by atoms with E-state index >= 15 is 0 Å². The highest BCUT2D eigenvalue weighted by Gasteiger charge is 2.34. The van der Waals surface area contributed by atoms with Gasteiger partial charge in [0.2, 0.25) is 0 Å². The molecule has 1 saturated carbocycles. The van der Waals surface area contributed by atoms with E-state index in [1.165, 1.54) is 43.7 Å². The molecule has 1 N–H and O–H groups in total. The van der Waals surface area contributed by atoms with Crippen molar-refractivity contribution in [3.8, 4) is 11.5 Å². The first-order chi connectivity index (χ1) is 17.7. The standard InChI is InChI=1S/C26H29NO9S/c1-33-25(28)20-15-35-16-27(24(20)26(29)34-2)21-13-12-18(37(30,31)32)14-23(21)36-22-11-7-6-10-19(22)17-8-4-3-5-9-17/h6-7,10-14,17H,3-5,8-9,15-16H2,1-2H3,(H,30,31,32). The lowest BCUT2D eigenvalue weighted by molar-refractivity contribution is -0.140. The second kappa shape index (κ2) is 11.3. The Hall–Kier alpha value is -3.41. The van der Waals surface area contributed by atoms with Gasteiger partial charge >= 0.3 is 11.9 Å². The van der Waals surface area contributed by atoms with Gasteiger partial charge in [-0.15, -0.1) is 0 Å². The molecule has 2 aromatic rings. The summed E-state index contributed by atoms with van der Waals surface area (Å²) in [5.41, 5.74) is 1.03. The molecular weight excluding hydrogens is 502 g/mol. The van der Waals surface area contributed by atoms with Gasteiger partial charge in [-0.3, -0.25) is 4.55 Å². The molecule has 0 bridgehead atoms. The first-order valence-corrected chi connectivity index (χ1v) is 13.3. The van der Waals surface area contributed by atoms with Crippen molar-refractivity contribution >= 4 is 27.7 Å². The van der Waals surface area contributed by atoms with Crippen LogP contribution in [0, 0.1) is 0 Å². The van der Waals surface area contributed by atoms with E-state index in [0.29, 0.717) is 5.75 Å². The second-order valence-corrected chi connectivity index (χ2v) is 10.2. The fourth-order valence-corrected chi connectivity index (χ4v) is 5.23. The number of nitrogens with zero attached hydrogens (tertiary/aromatic N) is 1. The Kier molecular flexibility index (Phi) is 8.16. The molecule has 1 aliphatic carbocycles. The van der Waals surface area contributed by atoms with Gasteiger partial charge in [0.25, 0.3) is 10.1 Å². The topological polar surface area (TPSA) is 129 Å². The minimum Gasteiger partial charge on any atom is -0.466 e. The SMILES string of the molecule is COC(=O)C1=C(C(=O)OC)N(c2ccc(S(=O)(=O)O)cc2Oc2ccccc2C2CCCCC2)COC1. The maximum Gasteiger partial charge on any atom is 0.355 e. The lowest BCUT2D eigenvalue weighted by Gasteiger charge is -2.32. The average molecular weight is 532 g/mol. The van der Waals surface area contributed by atoms with Crippen molar-refractivity contribution < 1.29 is 41.5 Å². The van der Waals surface area contributed by atoms with E-state index in [-0.39, 0.29) is 42.0 Å². The molecule has 0 saturated heterocycles. The Labute approximate surface area is 215 Å². The fourth-order valence-electron chi connectivity index (χ4n) is 4.74. The summed E-state index contributed by atoms with van der Waals surface area (Å²) in [6.07, 6.45) is 5.42. The molecule has 2 aliphatic rings. The summed E-state index contributed by atoms with van der Waals surface area (Å²) in [5.74, 6) is -0.735. The van der Waals surface area contributed by atoms with Crippen LogP contribution in [0.1, 0.15) is 43.6 Å². The van der Waals surface area contributed by atoms with Crippen LogP contribution >= 0.6 is 0 Å². The number of anilines is 1. The van der Waals surface area contributed by atoms with Crippen LogP contribution in [0.5, 0.6) is 11.5 Å². The number of esters is 2. The Morgan fingerprint density at radius 2 is 1.68 bits per heavy atom. The maximum absolute atomic E-state index is 12.8. The van der Waals surface area contributed by atoms with E-state index in [1.807, 2.05) is 18.2 Å². The van der Waals surface area contributed by atoms with Crippen molar-refractivity contribution in [3.63, 3.8) is 0 Å². The van der Waals surface area contributed by atoms with Crippen molar-refractivity contribution in [1.29, 1.82) is 0 Å². The number of benzene rings is 2. The van der Waals surface area contributed by atoms with Gasteiger partial charge in [-0.05, 0) is 42.5 Å². The van der Waals surface area contributed by atoms with Crippen LogP contribution < -0.4 is 9.64 Å². The summed E-state index contributed by atoms with van der Waals surface area (Å²) in [4.78, 5) is 26.2. The molecule has 1 heterocycles. The molecule has 198 valence electrons. The molecule has 1 aliphatic heterocycles. The molecule has 2 aromatic carbocycles. The molecule has 37 heavy (non-hydrogen) atoms. The molecular formula is C26H29NO9S. The van der Waals surface area contributed by atoms with Gasteiger partial charge in [-0.25, -0.2) is 9.59 Å². The highest BCUT2D eigenvalue weighted by atomic mass is 32.2. The summed E-state index contributed by atoms with van der Waals surface area (Å²) in [5, 5.41) is 0. The van der Waals surface area contributed by atoms with Crippen LogP contribution in [0.15, 0.2) is 58.6 Å². The number of para-hydroxylation sites is 1. The van der Waals surface area contributed by atoms with E-state index in [2.05, 4.69) is 0 Å². The molecule has 1 fully saturated rings. The monoisotopic (exact) mass is 531 g/mol. The van der Waals surface area contributed by atoms with Gasteiger partial charge in [0, 0.05) is 6.07 Å². The number of rotatable bonds is 7. The van der Waals surface area contributed by atoms with Gasteiger partial charge in [0.1, 0.15) is 18.2 Å². The Morgan fingerprint density at radius 1 is 0.973 bits per heavy atom. The third-order valence-corrected chi connectivity index (χ3v) is 7.39. The first-order valence-electron chi connectivity index (χ1n) is 11.9. The molecule has 0 aromatic heterocycles. The summed E-state index contributed by atoms with van der Waals surface area (Å²) in [6, 6.07) is 11.2. The largest absolute Gasteiger partial charge is 0.466 e. The van der Waals surface area contributed by atoms with E-state index in [0.717, 1.165) is 31.2 Å². The van der Waals surface area contributed by atoms with E-state index < -0.39 is 27.0 Å². The Balaban J connectivity index is 1.85. The van der Waals surface area contributed by atoms with Crippen molar-refractivity contribution in [1.82, 2.24) is 0 Å². The average Bonchev–Trinajstić information content (AvgIpc) is 2.92. The zero-order chi connectivity index (χ0) is 26.6. The number of carbonyl (C=O) groups excluding carboxylic acids is 2. The zero-order valence-corrected chi connectivity index (χ0v) is 21.5. The van der Waals surface area contributed by atoms with Gasteiger partial charge in [-0.1, -0.05) is 37.5 Å². The number of methoxy groups -OCH3 is 2. The normalized spacial score (nSPS) is 16.9. The number of hydrogen-bond donors (Lipinski definition) is 1. The van der Waals surface area contributed by atoms with Crippen LogP contribution in [0.3, 0.4) is 0 Å². The number of hydrogen-bond acceptors (Lipinski definition) is 9. The lowest BCUT2D eigenvalue weighted by atomic mass is 9.84. The first kappa shape index (κ1) is 26.6. The van der Waals surface area contributed by atoms with E-state index in [9.17, 15) is 22.6 Å². The van der Waals surface area contributed by atoms with E-state index in [1.54, 1.807) is 6.07 Å².